The van der Waals surface area contributed by atoms with Crippen LogP contribution in [0.3, 0.4) is 0 Å². The van der Waals surface area contributed by atoms with Gasteiger partial charge in [-0.25, -0.2) is 0 Å². The van der Waals surface area contributed by atoms with Crippen LogP contribution in [0.1, 0.15) is 17.5 Å². The number of rotatable bonds is 5. The second kappa shape index (κ2) is 8.65. The van der Waals surface area contributed by atoms with E-state index >= 15 is 0 Å². The molecule has 3 fully saturated rings. The fourth-order valence-electron chi connectivity index (χ4n) is 6.54. The molecule has 1 aliphatic heterocycles. The van der Waals surface area contributed by atoms with Gasteiger partial charge in [-0.3, -0.25) is 9.59 Å². The predicted octanol–water partition coefficient (Wildman–Crippen LogP) is 6.02. The molecule has 5 nitrogen and oxygen atoms in total. The standard InChI is InChI=1S/C29H22I2N2O3/c30-23-10-15(11-24(31)27(23)36-14-17-6-3-5-16-4-1-2-7-18(16)17)13-32-33-28(34)25-19-8-9-20(22-12-21(19)22)26(25)29(33)35/h1-11,13,19-22,25-26H,12,14H2/t19-,20-,21-,22+,25-,26+/m0/s1. The Hall–Kier alpha value is -2.27. The van der Waals surface area contributed by atoms with Crippen LogP contribution >= 0.6 is 45.2 Å². The van der Waals surface area contributed by atoms with Crippen molar-refractivity contribution in [2.45, 2.75) is 13.0 Å². The average molecular weight is 700 g/mol. The number of fused-ring (bicyclic) bond motifs is 1. The Balaban J connectivity index is 1.09. The lowest BCUT2D eigenvalue weighted by Gasteiger charge is -2.37. The lowest BCUT2D eigenvalue weighted by Crippen LogP contribution is -2.40. The van der Waals surface area contributed by atoms with E-state index in [0.29, 0.717) is 18.4 Å². The van der Waals surface area contributed by atoms with E-state index in [-0.39, 0.29) is 35.5 Å². The van der Waals surface area contributed by atoms with Crippen LogP contribution in [0.15, 0.2) is 71.9 Å². The number of amides is 2. The summed E-state index contributed by atoms with van der Waals surface area (Å²) >= 11 is 4.54. The Kier molecular flexibility index (Phi) is 5.50. The van der Waals surface area contributed by atoms with Crippen LogP contribution in [0.25, 0.3) is 10.8 Å². The number of imide groups is 1. The van der Waals surface area contributed by atoms with Gasteiger partial charge in [0.15, 0.2) is 0 Å². The highest BCUT2D eigenvalue weighted by molar-refractivity contribution is 14.1. The van der Waals surface area contributed by atoms with Gasteiger partial charge in [0.05, 0.1) is 25.2 Å². The van der Waals surface area contributed by atoms with Crippen LogP contribution < -0.4 is 4.74 Å². The number of hydrogen-bond donors (Lipinski definition) is 0. The molecule has 6 atom stereocenters. The van der Waals surface area contributed by atoms with Crippen molar-refractivity contribution in [2.24, 2.45) is 40.6 Å². The van der Waals surface area contributed by atoms with Gasteiger partial charge in [-0.05, 0) is 109 Å². The zero-order valence-corrected chi connectivity index (χ0v) is 23.5. The molecule has 0 unspecified atom stereocenters. The highest BCUT2D eigenvalue weighted by Crippen LogP contribution is 2.65. The number of nitrogens with zero attached hydrogens (tertiary/aromatic N) is 2. The summed E-state index contributed by atoms with van der Waals surface area (Å²) < 4.78 is 8.16. The summed E-state index contributed by atoms with van der Waals surface area (Å²) in [6.07, 6.45) is 7.15. The Morgan fingerprint density at radius 3 is 2.25 bits per heavy atom. The first-order chi connectivity index (χ1) is 17.5. The van der Waals surface area contributed by atoms with Crippen molar-refractivity contribution in [1.82, 2.24) is 5.01 Å². The maximum absolute atomic E-state index is 13.2. The van der Waals surface area contributed by atoms with Gasteiger partial charge in [-0.1, -0.05) is 54.6 Å². The Morgan fingerprint density at radius 2 is 1.56 bits per heavy atom. The highest BCUT2D eigenvalue weighted by Gasteiger charge is 2.67. The zero-order chi connectivity index (χ0) is 24.6. The summed E-state index contributed by atoms with van der Waals surface area (Å²) in [4.78, 5) is 26.3. The lowest BCUT2D eigenvalue weighted by atomic mass is 9.63. The van der Waals surface area contributed by atoms with E-state index in [1.165, 1.54) is 10.8 Å². The molecule has 1 saturated heterocycles. The largest absolute Gasteiger partial charge is 0.487 e. The number of hydrazone groups is 1. The van der Waals surface area contributed by atoms with E-state index in [4.69, 9.17) is 4.74 Å². The van der Waals surface area contributed by atoms with Gasteiger partial charge in [0.1, 0.15) is 12.4 Å². The molecule has 2 amide bonds. The van der Waals surface area contributed by atoms with E-state index in [9.17, 15) is 9.59 Å². The monoisotopic (exact) mass is 700 g/mol. The molecule has 3 aromatic carbocycles. The lowest BCUT2D eigenvalue weighted by molar-refractivity contribution is -0.140. The zero-order valence-electron chi connectivity index (χ0n) is 19.2. The van der Waals surface area contributed by atoms with Crippen molar-refractivity contribution in [1.29, 1.82) is 0 Å². The third-order valence-corrected chi connectivity index (χ3v) is 9.84. The fraction of sp³-hybridized carbons (Fsp3) is 0.276. The van der Waals surface area contributed by atoms with Crippen LogP contribution in [-0.2, 0) is 16.2 Å². The third kappa shape index (κ3) is 3.56. The number of halogens is 2. The summed E-state index contributed by atoms with van der Waals surface area (Å²) in [6.45, 7) is 0.471. The SMILES string of the molecule is O=C1[C@@H]2[C@H]3C=C[C@@H]([C@@H]4C[C@H]34)[C@@H]2C(=O)N1N=Cc1cc(I)c(OCc2cccc3ccccc23)c(I)c1. The molecule has 3 aromatic rings. The van der Waals surface area contributed by atoms with Gasteiger partial charge in [-0.2, -0.15) is 10.1 Å². The van der Waals surface area contributed by atoms with Crippen molar-refractivity contribution in [3.63, 3.8) is 0 Å². The molecule has 180 valence electrons. The van der Waals surface area contributed by atoms with Crippen LogP contribution in [-0.4, -0.2) is 23.0 Å². The molecule has 0 spiro atoms. The first kappa shape index (κ1) is 22.9. The second-order valence-electron chi connectivity index (χ2n) is 10.1. The van der Waals surface area contributed by atoms with E-state index < -0.39 is 0 Å². The number of benzene rings is 3. The molecule has 2 saturated carbocycles. The van der Waals surface area contributed by atoms with Crippen molar-refractivity contribution >= 4 is 74.0 Å². The molecule has 0 N–H and O–H groups in total. The summed E-state index contributed by atoms with van der Waals surface area (Å²) in [5, 5.41) is 7.91. The minimum Gasteiger partial charge on any atom is -0.487 e. The molecule has 0 aromatic heterocycles. The van der Waals surface area contributed by atoms with E-state index in [0.717, 1.165) is 35.4 Å². The van der Waals surface area contributed by atoms with Gasteiger partial charge >= 0.3 is 0 Å². The van der Waals surface area contributed by atoms with E-state index in [1.807, 2.05) is 24.3 Å². The second-order valence-corrected chi connectivity index (χ2v) is 12.5. The Bertz CT molecular complexity index is 1430. The maximum atomic E-state index is 13.2. The van der Waals surface area contributed by atoms with Crippen molar-refractivity contribution < 1.29 is 14.3 Å². The molecule has 4 aliphatic carbocycles. The van der Waals surface area contributed by atoms with Gasteiger partial charge in [0.25, 0.3) is 11.8 Å². The highest BCUT2D eigenvalue weighted by atomic mass is 127. The fourth-order valence-corrected chi connectivity index (χ4v) is 8.67. The molecule has 8 rings (SSSR count). The smallest absolute Gasteiger partial charge is 0.254 e. The quantitative estimate of drug-likeness (QED) is 0.142. The Labute approximate surface area is 236 Å². The van der Waals surface area contributed by atoms with E-state index in [2.05, 4.69) is 92.8 Å². The Morgan fingerprint density at radius 1 is 0.917 bits per heavy atom. The first-order valence-corrected chi connectivity index (χ1v) is 14.4. The van der Waals surface area contributed by atoms with Crippen LogP contribution in [0.2, 0.25) is 0 Å². The maximum Gasteiger partial charge on any atom is 0.254 e. The number of allylic oxidation sites excluding steroid dienone is 2. The van der Waals surface area contributed by atoms with E-state index in [1.54, 1.807) is 6.21 Å². The minimum absolute atomic E-state index is 0.134. The molecular formula is C29H22I2N2O3. The number of carbonyl (C=O) groups is 2. The van der Waals surface area contributed by atoms with Crippen LogP contribution in [0.4, 0.5) is 0 Å². The first-order valence-electron chi connectivity index (χ1n) is 12.2. The van der Waals surface area contributed by atoms with Crippen molar-refractivity contribution in [3.05, 3.63) is 85.0 Å². The molecule has 5 aliphatic rings. The normalized spacial score (nSPS) is 29.8. The molecule has 1 heterocycles. The summed E-state index contributed by atoms with van der Waals surface area (Å²) in [5.74, 6) is 1.71. The van der Waals surface area contributed by atoms with Crippen LogP contribution in [0.5, 0.6) is 5.75 Å². The van der Waals surface area contributed by atoms with Crippen molar-refractivity contribution in [2.75, 3.05) is 0 Å². The van der Waals surface area contributed by atoms with Gasteiger partial charge in [-0.15, -0.1) is 0 Å². The predicted molar refractivity (Wildman–Crippen MR) is 154 cm³/mol. The van der Waals surface area contributed by atoms with Gasteiger partial charge in [0, 0.05) is 0 Å². The number of carbonyl (C=O) groups excluding carboxylic acids is 2. The average Bonchev–Trinajstić information content (AvgIpc) is 3.66. The minimum atomic E-state index is -0.224. The number of hydrogen-bond acceptors (Lipinski definition) is 4. The van der Waals surface area contributed by atoms with Crippen LogP contribution in [0, 0.1) is 42.6 Å². The molecule has 7 heteroatoms. The topological polar surface area (TPSA) is 59.0 Å². The molecule has 0 radical (unpaired) electrons. The summed E-state index contributed by atoms with van der Waals surface area (Å²) in [6, 6.07) is 18.5. The summed E-state index contributed by atoms with van der Waals surface area (Å²) in [5.41, 5.74) is 1.97. The number of ether oxygens (including phenoxy) is 1. The summed E-state index contributed by atoms with van der Waals surface area (Å²) in [7, 11) is 0. The molecular weight excluding hydrogens is 678 g/mol. The van der Waals surface area contributed by atoms with Crippen molar-refractivity contribution in [3.8, 4) is 5.75 Å². The molecule has 2 bridgehead atoms. The van der Waals surface area contributed by atoms with Gasteiger partial charge in [0.2, 0.25) is 0 Å². The van der Waals surface area contributed by atoms with Gasteiger partial charge < -0.3 is 4.74 Å². The molecule has 36 heavy (non-hydrogen) atoms. The third-order valence-electron chi connectivity index (χ3n) is 8.23.